The van der Waals surface area contributed by atoms with Gasteiger partial charge < -0.3 is 5.11 Å². The van der Waals surface area contributed by atoms with Crippen LogP contribution in [0.5, 0.6) is 0 Å². The average molecular weight is 164 g/mol. The Hall–Kier alpha value is -0.740. The van der Waals surface area contributed by atoms with Crippen molar-refractivity contribution in [3.8, 4) is 11.8 Å². The molecule has 0 spiro atoms. The smallest absolute Gasteiger partial charge is 0.125 e. The molecule has 0 radical (unpaired) electrons. The highest BCUT2D eigenvalue weighted by Gasteiger charge is 2.26. The van der Waals surface area contributed by atoms with Crippen LogP contribution in [-0.2, 0) is 0 Å². The summed E-state index contributed by atoms with van der Waals surface area (Å²) in [6.07, 6.45) is 5.08. The maximum Gasteiger partial charge on any atom is 0.125 e. The van der Waals surface area contributed by atoms with Gasteiger partial charge in [-0.25, -0.2) is 0 Å². The van der Waals surface area contributed by atoms with Crippen molar-refractivity contribution in [2.24, 2.45) is 0 Å². The van der Waals surface area contributed by atoms with Gasteiger partial charge in [0, 0.05) is 0 Å². The van der Waals surface area contributed by atoms with Gasteiger partial charge >= 0.3 is 0 Å². The minimum Gasteiger partial charge on any atom is -0.378 e. The maximum absolute atomic E-state index is 9.91. The van der Waals surface area contributed by atoms with E-state index in [0.717, 1.165) is 31.3 Å². The average Bonchev–Trinajstić information content (AvgIpc) is 2.03. The largest absolute Gasteiger partial charge is 0.378 e. The Morgan fingerprint density at radius 1 is 1.33 bits per heavy atom. The van der Waals surface area contributed by atoms with E-state index in [4.69, 9.17) is 0 Å². The molecule has 0 heterocycles. The first-order chi connectivity index (χ1) is 5.62. The van der Waals surface area contributed by atoms with Crippen molar-refractivity contribution < 1.29 is 5.11 Å². The lowest BCUT2D eigenvalue weighted by Gasteiger charge is -2.26. The third-order valence-electron chi connectivity index (χ3n) is 2.19. The molecule has 0 bridgehead atoms. The fourth-order valence-electron chi connectivity index (χ4n) is 1.48. The maximum atomic E-state index is 9.91. The van der Waals surface area contributed by atoms with Crippen LogP contribution >= 0.6 is 0 Å². The molecule has 0 aromatic carbocycles. The Labute approximate surface area is 74.5 Å². The molecular formula is C11H16O. The summed E-state index contributed by atoms with van der Waals surface area (Å²) in [7, 11) is 0. The third kappa shape index (κ3) is 2.71. The van der Waals surface area contributed by atoms with Crippen molar-refractivity contribution in [2.45, 2.75) is 44.6 Å². The minimum atomic E-state index is -0.711. The standard InChI is InChI=1S/C11H16O/c1-10(2)6-9-11(12)7-4-3-5-8-11/h12H,1,3-5,7-8H2,2H3. The summed E-state index contributed by atoms with van der Waals surface area (Å²) in [6.45, 7) is 5.55. The second kappa shape index (κ2) is 3.78. The fourth-order valence-corrected chi connectivity index (χ4v) is 1.48. The van der Waals surface area contributed by atoms with E-state index >= 15 is 0 Å². The number of hydrogen-bond donors (Lipinski definition) is 1. The lowest BCUT2D eigenvalue weighted by atomic mass is 9.85. The topological polar surface area (TPSA) is 20.2 Å². The van der Waals surface area contributed by atoms with Gasteiger partial charge in [0.1, 0.15) is 5.60 Å². The minimum absolute atomic E-state index is 0.711. The van der Waals surface area contributed by atoms with Crippen LogP contribution in [0.2, 0.25) is 0 Å². The zero-order valence-corrected chi connectivity index (χ0v) is 7.69. The van der Waals surface area contributed by atoms with Crippen LogP contribution in [0.4, 0.5) is 0 Å². The lowest BCUT2D eigenvalue weighted by Crippen LogP contribution is -2.29. The van der Waals surface area contributed by atoms with Crippen molar-refractivity contribution >= 4 is 0 Å². The quantitative estimate of drug-likeness (QED) is 0.544. The van der Waals surface area contributed by atoms with Crippen LogP contribution < -0.4 is 0 Å². The van der Waals surface area contributed by atoms with E-state index in [1.807, 2.05) is 6.92 Å². The highest BCUT2D eigenvalue weighted by Crippen LogP contribution is 2.27. The molecular weight excluding hydrogens is 148 g/mol. The van der Waals surface area contributed by atoms with E-state index < -0.39 is 5.60 Å². The van der Waals surface area contributed by atoms with E-state index in [9.17, 15) is 5.11 Å². The molecule has 1 aliphatic carbocycles. The summed E-state index contributed by atoms with van der Waals surface area (Å²) >= 11 is 0. The van der Waals surface area contributed by atoms with Crippen LogP contribution in [0, 0.1) is 11.8 Å². The van der Waals surface area contributed by atoms with Gasteiger partial charge in [-0.2, -0.15) is 0 Å². The number of aliphatic hydroxyl groups is 1. The summed E-state index contributed by atoms with van der Waals surface area (Å²) in [4.78, 5) is 0. The van der Waals surface area contributed by atoms with Gasteiger partial charge in [0.2, 0.25) is 0 Å². The molecule has 0 atom stereocenters. The van der Waals surface area contributed by atoms with Crippen molar-refractivity contribution in [3.05, 3.63) is 12.2 Å². The first-order valence-electron chi connectivity index (χ1n) is 4.53. The molecule has 0 aliphatic heterocycles. The normalized spacial score (nSPS) is 20.8. The summed E-state index contributed by atoms with van der Waals surface area (Å²) in [6, 6.07) is 0. The third-order valence-corrected chi connectivity index (χ3v) is 2.19. The Morgan fingerprint density at radius 2 is 1.92 bits per heavy atom. The van der Waals surface area contributed by atoms with Gasteiger partial charge in [0.15, 0.2) is 0 Å². The molecule has 1 aliphatic rings. The Balaban J connectivity index is 2.59. The zero-order chi connectivity index (χ0) is 9.03. The molecule has 12 heavy (non-hydrogen) atoms. The van der Waals surface area contributed by atoms with E-state index in [0.29, 0.717) is 0 Å². The predicted molar refractivity (Wildman–Crippen MR) is 50.6 cm³/mol. The Bertz CT molecular complexity index is 223. The summed E-state index contributed by atoms with van der Waals surface area (Å²) in [5.41, 5.74) is 0.117. The summed E-state index contributed by atoms with van der Waals surface area (Å²) in [5, 5.41) is 9.91. The first kappa shape index (κ1) is 9.35. The van der Waals surface area contributed by atoms with Gasteiger partial charge in [-0.15, -0.1) is 0 Å². The zero-order valence-electron chi connectivity index (χ0n) is 7.69. The summed E-state index contributed by atoms with van der Waals surface area (Å²) in [5.74, 6) is 5.76. The number of hydrogen-bond acceptors (Lipinski definition) is 1. The van der Waals surface area contributed by atoms with Crippen molar-refractivity contribution in [1.29, 1.82) is 0 Å². The van der Waals surface area contributed by atoms with E-state index in [1.165, 1.54) is 6.42 Å². The Morgan fingerprint density at radius 3 is 2.42 bits per heavy atom. The molecule has 1 heteroatoms. The predicted octanol–water partition coefficient (Wildman–Crippen LogP) is 2.26. The molecule has 1 N–H and O–H groups in total. The first-order valence-corrected chi connectivity index (χ1v) is 4.53. The monoisotopic (exact) mass is 164 g/mol. The second-order valence-electron chi connectivity index (χ2n) is 3.62. The van der Waals surface area contributed by atoms with Crippen LogP contribution in [0.1, 0.15) is 39.0 Å². The van der Waals surface area contributed by atoms with Crippen molar-refractivity contribution in [2.75, 3.05) is 0 Å². The number of rotatable bonds is 0. The van der Waals surface area contributed by atoms with Gasteiger partial charge in [0.05, 0.1) is 0 Å². The highest BCUT2D eigenvalue weighted by atomic mass is 16.3. The van der Waals surface area contributed by atoms with Crippen LogP contribution in [0.15, 0.2) is 12.2 Å². The van der Waals surface area contributed by atoms with Gasteiger partial charge in [-0.05, 0) is 38.2 Å². The highest BCUT2D eigenvalue weighted by molar-refractivity contribution is 5.28. The van der Waals surface area contributed by atoms with Crippen LogP contribution in [0.25, 0.3) is 0 Å². The van der Waals surface area contributed by atoms with Gasteiger partial charge in [-0.1, -0.05) is 24.8 Å². The fraction of sp³-hybridized carbons (Fsp3) is 0.636. The second-order valence-corrected chi connectivity index (χ2v) is 3.62. The molecule has 0 amide bonds. The molecule has 1 fully saturated rings. The molecule has 1 nitrogen and oxygen atoms in total. The molecule has 0 saturated heterocycles. The molecule has 0 aromatic heterocycles. The molecule has 0 aromatic rings. The van der Waals surface area contributed by atoms with E-state index in [1.54, 1.807) is 0 Å². The summed E-state index contributed by atoms with van der Waals surface area (Å²) < 4.78 is 0. The van der Waals surface area contributed by atoms with E-state index in [-0.39, 0.29) is 0 Å². The van der Waals surface area contributed by atoms with Crippen LogP contribution in [0.3, 0.4) is 0 Å². The van der Waals surface area contributed by atoms with E-state index in [2.05, 4.69) is 18.4 Å². The molecule has 66 valence electrons. The molecule has 0 unspecified atom stereocenters. The molecule has 1 saturated carbocycles. The van der Waals surface area contributed by atoms with Crippen molar-refractivity contribution in [1.82, 2.24) is 0 Å². The number of allylic oxidation sites excluding steroid dienone is 1. The molecule has 1 rings (SSSR count). The van der Waals surface area contributed by atoms with Gasteiger partial charge in [0.25, 0.3) is 0 Å². The van der Waals surface area contributed by atoms with Gasteiger partial charge in [-0.3, -0.25) is 0 Å². The van der Waals surface area contributed by atoms with Crippen molar-refractivity contribution in [3.63, 3.8) is 0 Å². The van der Waals surface area contributed by atoms with Crippen LogP contribution in [-0.4, -0.2) is 10.7 Å². The Kier molecular flexibility index (Phi) is 2.94. The SMILES string of the molecule is C=C(C)C#CC1(O)CCCCC1. The lowest BCUT2D eigenvalue weighted by molar-refractivity contribution is 0.0610.